The first kappa shape index (κ1) is 21.1. The largest absolute Gasteiger partial charge is 0.457 e. The number of ether oxygens (including phenoxy) is 1. The van der Waals surface area contributed by atoms with E-state index < -0.39 is 0 Å². The molecule has 2 aromatic rings. The lowest BCUT2D eigenvalue weighted by Crippen LogP contribution is -2.61. The Kier molecular flexibility index (Phi) is 6.38. The summed E-state index contributed by atoms with van der Waals surface area (Å²) in [6.45, 7) is 5.23. The van der Waals surface area contributed by atoms with Crippen molar-refractivity contribution in [3.05, 3.63) is 65.2 Å². The Bertz CT molecular complexity index is 857. The number of hydrogen-bond acceptors (Lipinski definition) is 3. The van der Waals surface area contributed by atoms with Crippen molar-refractivity contribution < 1.29 is 18.8 Å². The number of anilines is 1. The monoisotopic (exact) mass is 395 g/mol. The molecule has 1 saturated heterocycles. The van der Waals surface area contributed by atoms with Crippen LogP contribution in [0.15, 0.2) is 48.5 Å². The van der Waals surface area contributed by atoms with Crippen LogP contribution in [0.2, 0.25) is 0 Å². The fourth-order valence-electron chi connectivity index (χ4n) is 4.18. The fourth-order valence-corrected chi connectivity index (χ4v) is 4.18. The van der Waals surface area contributed by atoms with E-state index >= 15 is 0 Å². The third-order valence-corrected chi connectivity index (χ3v) is 5.74. The Hall–Kier alpha value is -2.66. The molecule has 0 bridgehead atoms. The summed E-state index contributed by atoms with van der Waals surface area (Å²) >= 11 is 0. The van der Waals surface area contributed by atoms with Crippen LogP contribution in [0.1, 0.15) is 29.5 Å². The average molecular weight is 396 g/mol. The maximum atomic E-state index is 13.4. The van der Waals surface area contributed by atoms with Crippen LogP contribution in [-0.4, -0.2) is 49.6 Å². The third kappa shape index (κ3) is 4.85. The molecule has 0 saturated carbocycles. The van der Waals surface area contributed by atoms with E-state index in [4.69, 9.17) is 4.74 Å². The first-order valence-electron chi connectivity index (χ1n) is 10.2. The van der Waals surface area contributed by atoms with E-state index in [2.05, 4.69) is 0 Å². The molecule has 0 aliphatic carbocycles. The molecule has 2 aromatic carbocycles. The van der Waals surface area contributed by atoms with E-state index in [1.54, 1.807) is 0 Å². The van der Waals surface area contributed by atoms with Crippen molar-refractivity contribution in [3.63, 3.8) is 0 Å². The van der Waals surface area contributed by atoms with Crippen molar-refractivity contribution in [3.8, 4) is 0 Å². The first-order valence-corrected chi connectivity index (χ1v) is 10.2. The molecule has 1 unspecified atom stereocenters. The zero-order chi connectivity index (χ0) is 21.0. The maximum absolute atomic E-state index is 13.4. The predicted molar refractivity (Wildman–Crippen MR) is 115 cm³/mol. The van der Waals surface area contributed by atoms with E-state index in [1.165, 1.54) is 0 Å². The van der Waals surface area contributed by atoms with Gasteiger partial charge in [-0.2, -0.15) is 0 Å². The van der Waals surface area contributed by atoms with Gasteiger partial charge >= 0.3 is 5.97 Å². The van der Waals surface area contributed by atoms with Crippen molar-refractivity contribution in [1.29, 1.82) is 0 Å². The van der Waals surface area contributed by atoms with Gasteiger partial charge in [0.15, 0.2) is 12.6 Å². The topological polar surface area (TPSA) is 46.6 Å². The molecule has 1 aliphatic heterocycles. The molecule has 5 heteroatoms. The number of esters is 1. The summed E-state index contributed by atoms with van der Waals surface area (Å²) in [6, 6.07) is 15.5. The molecule has 1 aliphatic rings. The molecule has 3 rings (SSSR count). The second-order valence-corrected chi connectivity index (χ2v) is 8.47. The molecule has 0 aromatic heterocycles. The normalized spacial score (nSPS) is 17.3. The van der Waals surface area contributed by atoms with E-state index in [0.717, 1.165) is 41.8 Å². The maximum Gasteiger partial charge on any atom is 0.362 e. The number of likely N-dealkylation sites (N-methyl/N-ethyl adjacent to an activating group) is 1. The van der Waals surface area contributed by atoms with Gasteiger partial charge < -0.3 is 14.1 Å². The van der Waals surface area contributed by atoms with Crippen LogP contribution < -0.4 is 4.90 Å². The molecule has 5 nitrogen and oxygen atoms in total. The zero-order valence-electron chi connectivity index (χ0n) is 17.9. The van der Waals surface area contributed by atoms with Crippen LogP contribution in [0.5, 0.6) is 0 Å². The van der Waals surface area contributed by atoms with E-state index in [-0.39, 0.29) is 31.1 Å². The number of hydrogen-bond donors (Lipinski definition) is 0. The number of amides is 1. The highest BCUT2D eigenvalue weighted by Gasteiger charge is 2.42. The molecule has 154 valence electrons. The Morgan fingerprint density at radius 3 is 2.38 bits per heavy atom. The minimum atomic E-state index is -0.282. The lowest BCUT2D eigenvalue weighted by Gasteiger charge is -2.42. The lowest BCUT2D eigenvalue weighted by atomic mass is 9.98. The summed E-state index contributed by atoms with van der Waals surface area (Å²) in [6.07, 6.45) is 1.70. The lowest BCUT2D eigenvalue weighted by molar-refractivity contribution is -0.899. The molecule has 0 spiro atoms. The van der Waals surface area contributed by atoms with Crippen LogP contribution in [0.3, 0.4) is 0 Å². The smallest absolute Gasteiger partial charge is 0.362 e. The Balaban J connectivity index is 1.69. The zero-order valence-corrected chi connectivity index (χ0v) is 17.9. The summed E-state index contributed by atoms with van der Waals surface area (Å²) in [5, 5.41) is 0. The number of quaternary nitrogens is 1. The van der Waals surface area contributed by atoms with Crippen LogP contribution >= 0.6 is 0 Å². The van der Waals surface area contributed by atoms with Gasteiger partial charge in [-0.15, -0.1) is 0 Å². The summed E-state index contributed by atoms with van der Waals surface area (Å²) in [5.74, 6) is -0.189. The minimum absolute atomic E-state index is 0.0921. The standard InChI is InChI=1S/C24H31N2O3/c1-18-10-8-11-19(2)23(18)25-15-9-14-21(24(25)28)26(3,4)16-22(27)29-17-20-12-6-5-7-13-20/h5-8,10-13,21H,9,14-17H2,1-4H3/q+1. The Morgan fingerprint density at radius 1 is 1.07 bits per heavy atom. The quantitative estimate of drug-likeness (QED) is 0.554. The molecule has 29 heavy (non-hydrogen) atoms. The SMILES string of the molecule is Cc1cccc(C)c1N1CCCC([N+](C)(C)CC(=O)OCc2ccccc2)C1=O. The van der Waals surface area contributed by atoms with E-state index in [1.807, 2.05) is 81.4 Å². The van der Waals surface area contributed by atoms with Gasteiger partial charge in [0.2, 0.25) is 0 Å². The molecular weight excluding hydrogens is 364 g/mol. The highest BCUT2D eigenvalue weighted by atomic mass is 16.5. The van der Waals surface area contributed by atoms with Gasteiger partial charge in [0, 0.05) is 18.7 Å². The number of carbonyl (C=O) groups excluding carboxylic acids is 2. The number of nitrogens with zero attached hydrogens (tertiary/aromatic N) is 2. The number of carbonyl (C=O) groups is 2. The number of rotatable bonds is 6. The van der Waals surface area contributed by atoms with Gasteiger partial charge in [-0.3, -0.25) is 4.79 Å². The summed E-state index contributed by atoms with van der Waals surface area (Å²) in [4.78, 5) is 27.8. The molecule has 0 N–H and O–H groups in total. The molecule has 1 fully saturated rings. The summed E-state index contributed by atoms with van der Waals surface area (Å²) < 4.78 is 5.76. The van der Waals surface area contributed by atoms with Crippen LogP contribution in [0.25, 0.3) is 0 Å². The number of benzene rings is 2. The number of piperidine rings is 1. The molecule has 1 amide bonds. The third-order valence-electron chi connectivity index (χ3n) is 5.74. The molecule has 1 heterocycles. The van der Waals surface area contributed by atoms with Gasteiger partial charge in [0.05, 0.1) is 14.1 Å². The molecule has 0 radical (unpaired) electrons. The van der Waals surface area contributed by atoms with Crippen molar-refractivity contribution in [1.82, 2.24) is 0 Å². The first-order chi connectivity index (χ1) is 13.8. The van der Waals surface area contributed by atoms with Crippen LogP contribution in [-0.2, 0) is 20.9 Å². The minimum Gasteiger partial charge on any atom is -0.457 e. The highest BCUT2D eigenvalue weighted by Crippen LogP contribution is 2.30. The predicted octanol–water partition coefficient (Wildman–Crippen LogP) is 3.62. The van der Waals surface area contributed by atoms with Gasteiger partial charge in [0.25, 0.3) is 5.91 Å². The van der Waals surface area contributed by atoms with Crippen molar-refractivity contribution in [2.24, 2.45) is 0 Å². The second-order valence-electron chi connectivity index (χ2n) is 8.47. The highest BCUT2D eigenvalue weighted by molar-refractivity contribution is 5.98. The Morgan fingerprint density at radius 2 is 1.72 bits per heavy atom. The van der Waals surface area contributed by atoms with Crippen molar-refractivity contribution in [2.45, 2.75) is 39.3 Å². The van der Waals surface area contributed by atoms with E-state index in [0.29, 0.717) is 4.48 Å². The average Bonchev–Trinajstić information content (AvgIpc) is 2.68. The van der Waals surface area contributed by atoms with Gasteiger partial charge in [-0.25, -0.2) is 4.79 Å². The molecular formula is C24H31N2O3+. The van der Waals surface area contributed by atoms with Gasteiger partial charge in [-0.05, 0) is 37.0 Å². The number of para-hydroxylation sites is 1. The summed E-state index contributed by atoms with van der Waals surface area (Å²) in [5.41, 5.74) is 4.17. The fraction of sp³-hybridized carbons (Fsp3) is 0.417. The molecule has 1 atom stereocenters. The van der Waals surface area contributed by atoms with Gasteiger partial charge in [-0.1, -0.05) is 48.5 Å². The van der Waals surface area contributed by atoms with Crippen LogP contribution in [0, 0.1) is 13.8 Å². The summed E-state index contributed by atoms with van der Waals surface area (Å²) in [7, 11) is 3.89. The van der Waals surface area contributed by atoms with Gasteiger partial charge in [0.1, 0.15) is 6.61 Å². The Labute approximate surface area is 173 Å². The number of aryl methyl sites for hydroxylation is 2. The van der Waals surface area contributed by atoms with E-state index in [9.17, 15) is 9.59 Å². The second kappa shape index (κ2) is 8.78. The van der Waals surface area contributed by atoms with Crippen LogP contribution in [0.4, 0.5) is 5.69 Å². The van der Waals surface area contributed by atoms with Crippen molar-refractivity contribution in [2.75, 3.05) is 32.1 Å². The van der Waals surface area contributed by atoms with Crippen molar-refractivity contribution >= 4 is 17.6 Å².